The second-order valence-electron chi connectivity index (χ2n) is 7.10. The van der Waals surface area contributed by atoms with Gasteiger partial charge in [-0.1, -0.05) is 38.0 Å². The van der Waals surface area contributed by atoms with Crippen LogP contribution in [0.5, 0.6) is 11.5 Å². The van der Waals surface area contributed by atoms with E-state index < -0.39 is 5.97 Å². The molecule has 0 fully saturated rings. The summed E-state index contributed by atoms with van der Waals surface area (Å²) < 4.78 is 23.9. The maximum absolute atomic E-state index is 12.9. The highest BCUT2D eigenvalue weighted by molar-refractivity contribution is 5.91. The summed E-state index contributed by atoms with van der Waals surface area (Å²) in [6.45, 7) is 2.93. The molecule has 0 atom stereocenters. The van der Waals surface area contributed by atoms with E-state index in [1.807, 2.05) is 24.3 Å². The summed E-state index contributed by atoms with van der Waals surface area (Å²) in [6.07, 6.45) is 4.73. The number of ether oxygens (including phenoxy) is 2. The van der Waals surface area contributed by atoms with Gasteiger partial charge in [-0.3, -0.25) is 0 Å². The molecule has 0 bridgehead atoms. The van der Waals surface area contributed by atoms with Crippen molar-refractivity contribution in [2.75, 3.05) is 6.61 Å². The van der Waals surface area contributed by atoms with E-state index in [-0.39, 0.29) is 5.82 Å². The van der Waals surface area contributed by atoms with Crippen molar-refractivity contribution < 1.29 is 18.7 Å². The molecule has 3 nitrogen and oxygen atoms in total. The number of hydrogen-bond donors (Lipinski definition) is 0. The summed E-state index contributed by atoms with van der Waals surface area (Å²) in [7, 11) is 0. The third-order valence-corrected chi connectivity index (χ3v) is 4.62. The molecule has 31 heavy (non-hydrogen) atoms. The van der Waals surface area contributed by atoms with Crippen molar-refractivity contribution in [1.82, 2.24) is 0 Å². The average Bonchev–Trinajstić information content (AvgIpc) is 2.80. The van der Waals surface area contributed by atoms with E-state index in [1.54, 1.807) is 24.3 Å². The monoisotopic (exact) mass is 416 g/mol. The molecule has 3 rings (SSSR count). The highest BCUT2D eigenvalue weighted by atomic mass is 19.1. The number of halogens is 1. The zero-order chi connectivity index (χ0) is 21.9. The van der Waals surface area contributed by atoms with Crippen LogP contribution in [0.25, 0.3) is 0 Å². The molecule has 0 saturated heterocycles. The Balaban J connectivity index is 1.53. The SMILES string of the molecule is CCCCCCOc1ccc(C#Cc2ccc(C(=O)Oc3ccc(F)cc3)cc2)cc1. The molecule has 0 unspecified atom stereocenters. The van der Waals surface area contributed by atoms with Gasteiger partial charge in [0.25, 0.3) is 0 Å². The molecule has 0 radical (unpaired) electrons. The normalized spacial score (nSPS) is 10.1. The van der Waals surface area contributed by atoms with Crippen molar-refractivity contribution in [3.63, 3.8) is 0 Å². The third kappa shape index (κ3) is 7.31. The predicted molar refractivity (Wildman–Crippen MR) is 120 cm³/mol. The highest BCUT2D eigenvalue weighted by Gasteiger charge is 2.08. The lowest BCUT2D eigenvalue weighted by atomic mass is 10.1. The minimum Gasteiger partial charge on any atom is -0.494 e. The van der Waals surface area contributed by atoms with E-state index >= 15 is 0 Å². The molecule has 4 heteroatoms. The van der Waals surface area contributed by atoms with Crippen LogP contribution >= 0.6 is 0 Å². The second-order valence-corrected chi connectivity index (χ2v) is 7.10. The van der Waals surface area contributed by atoms with Crippen LogP contribution in [0.15, 0.2) is 72.8 Å². The predicted octanol–water partition coefficient (Wildman–Crippen LogP) is 6.40. The lowest BCUT2D eigenvalue weighted by Gasteiger charge is -2.05. The van der Waals surface area contributed by atoms with Gasteiger partial charge in [-0.05, 0) is 79.2 Å². The second kappa shape index (κ2) is 11.6. The largest absolute Gasteiger partial charge is 0.494 e. The van der Waals surface area contributed by atoms with Gasteiger partial charge in [-0.25, -0.2) is 9.18 Å². The van der Waals surface area contributed by atoms with Crippen LogP contribution in [-0.4, -0.2) is 12.6 Å². The van der Waals surface area contributed by atoms with Gasteiger partial charge in [0.15, 0.2) is 0 Å². The average molecular weight is 416 g/mol. The van der Waals surface area contributed by atoms with E-state index in [0.717, 1.165) is 29.9 Å². The Hall–Kier alpha value is -3.58. The first kappa shape index (κ1) is 22.1. The van der Waals surface area contributed by atoms with Crippen LogP contribution in [0.2, 0.25) is 0 Å². The lowest BCUT2D eigenvalue weighted by Crippen LogP contribution is -2.08. The molecule has 0 aromatic heterocycles. The van der Waals surface area contributed by atoms with Crippen molar-refractivity contribution in [3.05, 3.63) is 95.3 Å². The van der Waals surface area contributed by atoms with E-state index in [1.165, 1.54) is 43.5 Å². The molecule has 0 aliphatic rings. The van der Waals surface area contributed by atoms with E-state index in [0.29, 0.717) is 11.3 Å². The molecule has 0 amide bonds. The summed E-state index contributed by atoms with van der Waals surface area (Å²) in [5.41, 5.74) is 2.07. The zero-order valence-corrected chi connectivity index (χ0v) is 17.6. The van der Waals surface area contributed by atoms with Crippen molar-refractivity contribution in [3.8, 4) is 23.3 Å². The standard InChI is InChI=1S/C27H25FO3/c1-2-3-4-5-20-30-25-16-10-22(11-17-25)7-6-21-8-12-23(13-9-21)27(29)31-26-18-14-24(28)15-19-26/h8-19H,2-5,20H2,1H3. The summed E-state index contributed by atoms with van der Waals surface area (Å²) in [5, 5.41) is 0. The number of carbonyl (C=O) groups is 1. The van der Waals surface area contributed by atoms with Gasteiger partial charge >= 0.3 is 5.97 Å². The summed E-state index contributed by atoms with van der Waals surface area (Å²) in [5.74, 6) is 6.46. The minimum atomic E-state index is -0.503. The van der Waals surface area contributed by atoms with Gasteiger partial charge in [-0.15, -0.1) is 0 Å². The Bertz CT molecular complexity index is 1030. The maximum Gasteiger partial charge on any atom is 0.343 e. The smallest absolute Gasteiger partial charge is 0.343 e. The molecule has 3 aromatic rings. The Morgan fingerprint density at radius 2 is 1.35 bits per heavy atom. The lowest BCUT2D eigenvalue weighted by molar-refractivity contribution is 0.0734. The zero-order valence-electron chi connectivity index (χ0n) is 17.6. The molecular weight excluding hydrogens is 391 g/mol. The first-order chi connectivity index (χ1) is 15.1. The minimum absolute atomic E-state index is 0.295. The molecular formula is C27H25FO3. The quantitative estimate of drug-likeness (QED) is 0.184. The van der Waals surface area contributed by atoms with Crippen LogP contribution < -0.4 is 9.47 Å². The molecule has 0 aliphatic heterocycles. The highest BCUT2D eigenvalue weighted by Crippen LogP contribution is 2.15. The molecule has 0 spiro atoms. The van der Waals surface area contributed by atoms with Gasteiger partial charge in [0, 0.05) is 11.1 Å². The molecule has 0 aliphatic carbocycles. The van der Waals surface area contributed by atoms with Crippen LogP contribution in [0.4, 0.5) is 4.39 Å². The van der Waals surface area contributed by atoms with Gasteiger partial charge in [-0.2, -0.15) is 0 Å². The van der Waals surface area contributed by atoms with Crippen molar-refractivity contribution in [2.24, 2.45) is 0 Å². The van der Waals surface area contributed by atoms with Gasteiger partial charge < -0.3 is 9.47 Å². The Kier molecular flexibility index (Phi) is 8.25. The summed E-state index contributed by atoms with van der Waals surface area (Å²) >= 11 is 0. The van der Waals surface area contributed by atoms with Gasteiger partial charge in [0.2, 0.25) is 0 Å². The molecule has 0 N–H and O–H groups in total. The third-order valence-electron chi connectivity index (χ3n) is 4.62. The Morgan fingerprint density at radius 3 is 1.97 bits per heavy atom. The number of carbonyl (C=O) groups excluding carboxylic acids is 1. The van der Waals surface area contributed by atoms with Crippen LogP contribution in [0, 0.1) is 17.7 Å². The maximum atomic E-state index is 12.9. The number of esters is 1. The van der Waals surface area contributed by atoms with Crippen LogP contribution in [0.1, 0.15) is 54.1 Å². The number of unbranched alkanes of at least 4 members (excludes halogenated alkanes) is 3. The first-order valence-corrected chi connectivity index (χ1v) is 10.5. The first-order valence-electron chi connectivity index (χ1n) is 10.5. The van der Waals surface area contributed by atoms with Gasteiger partial charge in [0.05, 0.1) is 12.2 Å². The summed E-state index contributed by atoms with van der Waals surface area (Å²) in [6, 6.07) is 19.9. The molecule has 158 valence electrons. The fourth-order valence-electron chi connectivity index (χ4n) is 2.86. The topological polar surface area (TPSA) is 35.5 Å². The van der Waals surface area contributed by atoms with E-state index in [2.05, 4.69) is 18.8 Å². The van der Waals surface area contributed by atoms with Crippen molar-refractivity contribution in [1.29, 1.82) is 0 Å². The number of benzene rings is 3. The number of hydrogen-bond acceptors (Lipinski definition) is 3. The number of rotatable bonds is 8. The van der Waals surface area contributed by atoms with E-state index in [4.69, 9.17) is 9.47 Å². The fraction of sp³-hybridized carbons (Fsp3) is 0.222. The van der Waals surface area contributed by atoms with Crippen LogP contribution in [0.3, 0.4) is 0 Å². The Labute approximate surface area is 182 Å². The summed E-state index contributed by atoms with van der Waals surface area (Å²) in [4.78, 5) is 12.2. The molecule has 0 saturated carbocycles. The Morgan fingerprint density at radius 1 is 0.774 bits per heavy atom. The van der Waals surface area contributed by atoms with Gasteiger partial charge in [0.1, 0.15) is 17.3 Å². The fourth-order valence-corrected chi connectivity index (χ4v) is 2.86. The van der Waals surface area contributed by atoms with Crippen molar-refractivity contribution >= 4 is 5.97 Å². The molecule has 3 aromatic carbocycles. The molecule has 0 heterocycles. The van der Waals surface area contributed by atoms with Crippen molar-refractivity contribution in [2.45, 2.75) is 32.6 Å². The van der Waals surface area contributed by atoms with E-state index in [9.17, 15) is 9.18 Å². The van der Waals surface area contributed by atoms with Crippen LogP contribution in [-0.2, 0) is 0 Å².